The van der Waals surface area contributed by atoms with E-state index in [-0.39, 0.29) is 19.1 Å². The van der Waals surface area contributed by atoms with Gasteiger partial charge in [-0.15, -0.1) is 11.3 Å². The zero-order valence-electron chi connectivity index (χ0n) is 12.7. The molecule has 0 aliphatic carbocycles. The van der Waals surface area contributed by atoms with E-state index in [9.17, 15) is 9.59 Å². The lowest BCUT2D eigenvalue weighted by molar-refractivity contribution is -0.115. The van der Waals surface area contributed by atoms with Crippen LogP contribution in [0.4, 0.5) is 5.69 Å². The van der Waals surface area contributed by atoms with E-state index in [1.807, 2.05) is 0 Å². The van der Waals surface area contributed by atoms with Crippen LogP contribution in [0.1, 0.15) is 16.1 Å². The van der Waals surface area contributed by atoms with Gasteiger partial charge in [0.15, 0.2) is 0 Å². The summed E-state index contributed by atoms with van der Waals surface area (Å²) in [6, 6.07) is 8.40. The maximum absolute atomic E-state index is 12.1. The van der Waals surface area contributed by atoms with Gasteiger partial charge in [0.2, 0.25) is 5.91 Å². The summed E-state index contributed by atoms with van der Waals surface area (Å²) >= 11 is 13.2. The first-order valence-electron chi connectivity index (χ1n) is 7.22. The van der Waals surface area contributed by atoms with Gasteiger partial charge in [0.25, 0.3) is 5.91 Å². The summed E-state index contributed by atoms with van der Waals surface area (Å²) in [5, 5.41) is 14.5. The zero-order chi connectivity index (χ0) is 18.0. The summed E-state index contributed by atoms with van der Waals surface area (Å²) in [7, 11) is 0. The smallest absolute Gasteiger partial charge is 0.268 e. The van der Waals surface area contributed by atoms with Crippen LogP contribution in [0, 0.1) is 0 Å². The lowest BCUT2D eigenvalue weighted by Crippen LogP contribution is -2.33. The van der Waals surface area contributed by atoms with E-state index in [2.05, 4.69) is 15.6 Å². The minimum Gasteiger partial charge on any atom is -0.392 e. The normalized spacial score (nSPS) is 10.8. The molecule has 2 amide bonds. The van der Waals surface area contributed by atoms with E-state index in [1.165, 1.54) is 11.3 Å². The number of fused-ring (bicyclic) bond motifs is 1. The summed E-state index contributed by atoms with van der Waals surface area (Å²) in [6.07, 6.45) is 0. The molecule has 0 spiro atoms. The molecular formula is C16H13Cl2N3O3S. The molecule has 0 aliphatic rings. The fourth-order valence-electron chi connectivity index (χ4n) is 2.20. The predicted octanol–water partition coefficient (Wildman–Crippen LogP) is 3.40. The summed E-state index contributed by atoms with van der Waals surface area (Å²) in [5.74, 6) is -0.777. The number of anilines is 1. The van der Waals surface area contributed by atoms with E-state index < -0.39 is 5.91 Å². The quantitative estimate of drug-likeness (QED) is 0.531. The molecule has 4 N–H and O–H groups in total. The number of rotatable bonds is 5. The van der Waals surface area contributed by atoms with Crippen LogP contribution >= 0.6 is 34.5 Å². The monoisotopic (exact) mass is 397 g/mol. The fraction of sp³-hybridized carbons (Fsp3) is 0.125. The number of aromatic amines is 1. The van der Waals surface area contributed by atoms with Crippen molar-refractivity contribution in [3.05, 3.63) is 50.9 Å². The van der Waals surface area contributed by atoms with Gasteiger partial charge in [-0.25, -0.2) is 0 Å². The Morgan fingerprint density at radius 2 is 1.92 bits per heavy atom. The second-order valence-corrected chi connectivity index (χ2v) is 7.23. The molecular weight excluding hydrogens is 385 g/mol. The maximum atomic E-state index is 12.1. The number of nitrogens with one attached hydrogen (secondary N) is 3. The number of aromatic nitrogens is 1. The molecule has 0 bridgehead atoms. The fourth-order valence-corrected chi connectivity index (χ4v) is 3.68. The van der Waals surface area contributed by atoms with E-state index in [1.54, 1.807) is 30.3 Å². The average molecular weight is 398 g/mol. The minimum absolute atomic E-state index is 0.0624. The van der Waals surface area contributed by atoms with Crippen molar-refractivity contribution in [2.45, 2.75) is 6.61 Å². The number of aliphatic hydroxyl groups excluding tert-OH is 1. The standard InChI is InChI=1S/C16H13Cl2N3O3S/c17-13-14-11(25-15(13)18)5-10(21-14)16(24)19-6-12(23)20-9-3-1-8(7-22)2-4-9/h1-5,21-22H,6-7H2,(H,19,24)(H,20,23). The molecule has 0 fully saturated rings. The number of hydrogen-bond donors (Lipinski definition) is 4. The number of halogens is 2. The molecule has 2 heterocycles. The second-order valence-electron chi connectivity index (χ2n) is 5.20. The molecule has 130 valence electrons. The van der Waals surface area contributed by atoms with Crippen LogP contribution in [0.15, 0.2) is 30.3 Å². The van der Waals surface area contributed by atoms with Crippen molar-refractivity contribution in [1.29, 1.82) is 0 Å². The van der Waals surface area contributed by atoms with Gasteiger partial charge in [-0.1, -0.05) is 35.3 Å². The number of thiophene rings is 1. The number of benzene rings is 1. The van der Waals surface area contributed by atoms with Crippen molar-refractivity contribution in [1.82, 2.24) is 10.3 Å². The first-order valence-corrected chi connectivity index (χ1v) is 8.79. The minimum atomic E-state index is -0.415. The van der Waals surface area contributed by atoms with Crippen molar-refractivity contribution in [2.75, 3.05) is 11.9 Å². The Hall–Kier alpha value is -2.06. The number of H-pyrrole nitrogens is 1. The van der Waals surface area contributed by atoms with Crippen LogP contribution in [0.3, 0.4) is 0 Å². The second kappa shape index (κ2) is 7.45. The maximum Gasteiger partial charge on any atom is 0.268 e. The Morgan fingerprint density at radius 3 is 2.56 bits per heavy atom. The Kier molecular flexibility index (Phi) is 5.29. The molecule has 25 heavy (non-hydrogen) atoms. The van der Waals surface area contributed by atoms with Gasteiger partial charge in [0, 0.05) is 5.69 Å². The predicted molar refractivity (Wildman–Crippen MR) is 99.5 cm³/mol. The van der Waals surface area contributed by atoms with Crippen LogP contribution in [-0.4, -0.2) is 28.4 Å². The van der Waals surface area contributed by atoms with Crippen molar-refractivity contribution in [3.63, 3.8) is 0 Å². The van der Waals surface area contributed by atoms with Crippen LogP contribution in [0.25, 0.3) is 10.2 Å². The van der Waals surface area contributed by atoms with Gasteiger partial charge >= 0.3 is 0 Å². The average Bonchev–Trinajstić information content (AvgIpc) is 3.13. The molecule has 0 saturated carbocycles. The molecule has 6 nitrogen and oxygen atoms in total. The number of hydrogen-bond acceptors (Lipinski definition) is 4. The summed E-state index contributed by atoms with van der Waals surface area (Å²) in [6.45, 7) is -0.241. The van der Waals surface area contributed by atoms with Crippen molar-refractivity contribution in [3.8, 4) is 0 Å². The third-order valence-corrected chi connectivity index (χ3v) is 5.38. The Balaban J connectivity index is 1.57. The van der Waals surface area contributed by atoms with Crippen molar-refractivity contribution in [2.24, 2.45) is 0 Å². The van der Waals surface area contributed by atoms with Crippen molar-refractivity contribution < 1.29 is 14.7 Å². The van der Waals surface area contributed by atoms with Gasteiger partial charge in [-0.05, 0) is 23.8 Å². The molecule has 3 aromatic rings. The van der Waals surface area contributed by atoms with Crippen molar-refractivity contribution >= 4 is 62.3 Å². The Morgan fingerprint density at radius 1 is 1.20 bits per heavy atom. The van der Waals surface area contributed by atoms with E-state index in [4.69, 9.17) is 28.3 Å². The first-order chi connectivity index (χ1) is 12.0. The summed E-state index contributed by atoms with van der Waals surface area (Å²) < 4.78 is 1.23. The number of carbonyl (C=O) groups excluding carboxylic acids is 2. The number of carbonyl (C=O) groups is 2. The van der Waals surface area contributed by atoms with Gasteiger partial charge in [0.1, 0.15) is 10.0 Å². The van der Waals surface area contributed by atoms with Crippen LogP contribution in [0.2, 0.25) is 9.36 Å². The van der Waals surface area contributed by atoms with E-state index in [0.717, 1.165) is 10.3 Å². The van der Waals surface area contributed by atoms with Gasteiger partial charge < -0.3 is 20.7 Å². The first kappa shape index (κ1) is 17.8. The molecule has 2 aromatic heterocycles. The molecule has 0 unspecified atom stereocenters. The number of amides is 2. The summed E-state index contributed by atoms with van der Waals surface area (Å²) in [5.41, 5.74) is 2.24. The third kappa shape index (κ3) is 3.96. The lowest BCUT2D eigenvalue weighted by atomic mass is 10.2. The van der Waals surface area contributed by atoms with E-state index in [0.29, 0.717) is 26.3 Å². The Labute approximate surface area is 156 Å². The van der Waals surface area contributed by atoms with Crippen LogP contribution in [0.5, 0.6) is 0 Å². The highest BCUT2D eigenvalue weighted by molar-refractivity contribution is 7.23. The molecule has 1 aromatic carbocycles. The molecule has 9 heteroatoms. The van der Waals surface area contributed by atoms with Gasteiger partial charge in [0.05, 0.1) is 28.4 Å². The summed E-state index contributed by atoms with van der Waals surface area (Å²) in [4.78, 5) is 26.9. The van der Waals surface area contributed by atoms with Gasteiger partial charge in [-0.3, -0.25) is 9.59 Å². The largest absolute Gasteiger partial charge is 0.392 e. The topological polar surface area (TPSA) is 94.2 Å². The molecule has 0 saturated heterocycles. The highest BCUT2D eigenvalue weighted by atomic mass is 35.5. The molecule has 0 aliphatic heterocycles. The molecule has 0 atom stereocenters. The molecule has 3 rings (SSSR count). The van der Waals surface area contributed by atoms with Crippen LogP contribution in [-0.2, 0) is 11.4 Å². The third-order valence-electron chi connectivity index (χ3n) is 3.45. The number of aliphatic hydroxyl groups is 1. The van der Waals surface area contributed by atoms with Crippen LogP contribution < -0.4 is 10.6 Å². The molecule has 0 radical (unpaired) electrons. The lowest BCUT2D eigenvalue weighted by Gasteiger charge is -2.07. The highest BCUT2D eigenvalue weighted by Crippen LogP contribution is 2.38. The highest BCUT2D eigenvalue weighted by Gasteiger charge is 2.16. The van der Waals surface area contributed by atoms with Gasteiger partial charge in [-0.2, -0.15) is 0 Å². The zero-order valence-corrected chi connectivity index (χ0v) is 15.1. The SMILES string of the molecule is O=C(CNC(=O)c1cc2sc(Cl)c(Cl)c2[nH]1)Nc1ccc(CO)cc1. The Bertz CT molecular complexity index is 934. The van der Waals surface area contributed by atoms with E-state index >= 15 is 0 Å².